The molecule has 0 unspecified atom stereocenters. The quantitative estimate of drug-likeness (QED) is 0.705. The minimum absolute atomic E-state index is 0.645. The van der Waals surface area contributed by atoms with Gasteiger partial charge < -0.3 is 9.64 Å². The van der Waals surface area contributed by atoms with Crippen LogP contribution in [-0.4, -0.2) is 26.8 Å². The second kappa shape index (κ2) is 7.80. The maximum atomic E-state index is 5.22. The van der Waals surface area contributed by atoms with Crippen molar-refractivity contribution < 1.29 is 4.74 Å². The molecule has 0 bridgehead atoms. The number of hydrogen-bond acceptors (Lipinski definition) is 2. The topological polar surface area (TPSA) is 12.5 Å². The van der Waals surface area contributed by atoms with Gasteiger partial charge in [-0.2, -0.15) is 0 Å². The van der Waals surface area contributed by atoms with Crippen LogP contribution in [0.5, 0.6) is 0 Å². The molecule has 0 aliphatic carbocycles. The highest BCUT2D eigenvalue weighted by Crippen LogP contribution is 2.25. The van der Waals surface area contributed by atoms with Gasteiger partial charge in [0.1, 0.15) is 0 Å². The number of alkyl halides is 1. The van der Waals surface area contributed by atoms with E-state index in [-0.39, 0.29) is 0 Å². The van der Waals surface area contributed by atoms with Gasteiger partial charge in [0.2, 0.25) is 0 Å². The Hall–Kier alpha value is -0.540. The number of halogens is 1. The van der Waals surface area contributed by atoms with E-state index in [1.165, 1.54) is 16.8 Å². The maximum absolute atomic E-state index is 5.22. The second-order valence-electron chi connectivity index (χ2n) is 5.10. The minimum Gasteiger partial charge on any atom is -0.383 e. The predicted molar refractivity (Wildman–Crippen MR) is 82.7 cm³/mol. The second-order valence-corrected chi connectivity index (χ2v) is 5.66. The van der Waals surface area contributed by atoms with Crippen molar-refractivity contribution in [2.45, 2.75) is 26.1 Å². The summed E-state index contributed by atoms with van der Waals surface area (Å²) in [6.45, 7) is 9.41. The van der Waals surface area contributed by atoms with Crippen LogP contribution >= 0.6 is 15.9 Å². The lowest BCUT2D eigenvalue weighted by Gasteiger charge is -2.28. The van der Waals surface area contributed by atoms with E-state index >= 15 is 0 Å². The fourth-order valence-electron chi connectivity index (χ4n) is 2.08. The number of rotatable bonds is 7. The Morgan fingerprint density at radius 3 is 2.61 bits per heavy atom. The molecule has 0 amide bonds. The summed E-state index contributed by atoms with van der Waals surface area (Å²) >= 11 is 3.59. The fourth-order valence-corrected chi connectivity index (χ4v) is 2.53. The molecule has 0 radical (unpaired) electrons. The molecule has 102 valence electrons. The van der Waals surface area contributed by atoms with E-state index in [1.54, 1.807) is 7.11 Å². The number of ether oxygens (including phenoxy) is 1. The molecule has 0 heterocycles. The summed E-state index contributed by atoms with van der Waals surface area (Å²) < 4.78 is 5.22. The largest absolute Gasteiger partial charge is 0.383 e. The smallest absolute Gasteiger partial charge is 0.0637 e. The highest BCUT2D eigenvalue weighted by molar-refractivity contribution is 9.08. The molecule has 2 nitrogen and oxygen atoms in total. The van der Waals surface area contributed by atoms with Crippen molar-refractivity contribution in [3.8, 4) is 0 Å². The van der Waals surface area contributed by atoms with Crippen molar-refractivity contribution in [1.29, 1.82) is 0 Å². The lowest BCUT2D eigenvalue weighted by atomic mass is 10.1. The SMILES string of the molecule is COCCN(CC(C)C)c1ccc(C)cc1CBr. The first kappa shape index (κ1) is 15.5. The van der Waals surface area contributed by atoms with Crippen LogP contribution in [0.25, 0.3) is 0 Å². The van der Waals surface area contributed by atoms with Crippen molar-refractivity contribution in [2.75, 3.05) is 31.7 Å². The average molecular weight is 314 g/mol. The molecule has 3 heteroatoms. The van der Waals surface area contributed by atoms with Gasteiger partial charge >= 0.3 is 0 Å². The van der Waals surface area contributed by atoms with Gasteiger partial charge in [0.05, 0.1) is 6.61 Å². The average Bonchev–Trinajstić information content (AvgIpc) is 2.34. The van der Waals surface area contributed by atoms with Crippen LogP contribution in [0, 0.1) is 12.8 Å². The molecular weight excluding hydrogens is 290 g/mol. The van der Waals surface area contributed by atoms with Gasteiger partial charge in [-0.15, -0.1) is 0 Å². The van der Waals surface area contributed by atoms with Gasteiger partial charge in [0, 0.05) is 31.2 Å². The number of hydrogen-bond donors (Lipinski definition) is 0. The van der Waals surface area contributed by atoms with Crippen LogP contribution in [0.15, 0.2) is 18.2 Å². The van der Waals surface area contributed by atoms with E-state index in [2.05, 4.69) is 59.8 Å². The lowest BCUT2D eigenvalue weighted by molar-refractivity contribution is 0.204. The highest BCUT2D eigenvalue weighted by atomic mass is 79.9. The number of methoxy groups -OCH3 is 1. The summed E-state index contributed by atoms with van der Waals surface area (Å²) in [4.78, 5) is 2.42. The molecule has 0 saturated carbocycles. The molecule has 18 heavy (non-hydrogen) atoms. The zero-order chi connectivity index (χ0) is 13.5. The van der Waals surface area contributed by atoms with Gasteiger partial charge in [0.25, 0.3) is 0 Å². The monoisotopic (exact) mass is 313 g/mol. The Kier molecular flexibility index (Phi) is 6.72. The van der Waals surface area contributed by atoms with Crippen LogP contribution < -0.4 is 4.90 Å². The standard InChI is InChI=1S/C15H24BrNO/c1-12(2)11-17(7-8-18-4)15-6-5-13(3)9-14(15)10-16/h5-6,9,12H,7-8,10-11H2,1-4H3. The number of nitrogens with zero attached hydrogens (tertiary/aromatic N) is 1. The van der Waals surface area contributed by atoms with E-state index in [9.17, 15) is 0 Å². The first-order valence-corrected chi connectivity index (χ1v) is 7.60. The summed E-state index contributed by atoms with van der Waals surface area (Å²) in [5.41, 5.74) is 3.99. The van der Waals surface area contributed by atoms with Crippen LogP contribution in [0.3, 0.4) is 0 Å². The van der Waals surface area contributed by atoms with Gasteiger partial charge in [-0.3, -0.25) is 0 Å². The summed E-state index contributed by atoms with van der Waals surface area (Å²) in [6, 6.07) is 6.66. The van der Waals surface area contributed by atoms with E-state index < -0.39 is 0 Å². The third-order valence-corrected chi connectivity index (χ3v) is 3.47. The van der Waals surface area contributed by atoms with Crippen LogP contribution in [-0.2, 0) is 10.1 Å². The van der Waals surface area contributed by atoms with E-state index in [1.807, 2.05) is 0 Å². The third kappa shape index (κ3) is 4.62. The number of aryl methyl sites for hydroxylation is 1. The zero-order valence-electron chi connectivity index (χ0n) is 11.9. The molecule has 1 aromatic rings. The first-order chi connectivity index (χ1) is 8.58. The molecule has 0 N–H and O–H groups in total. The van der Waals surface area contributed by atoms with Crippen LogP contribution in [0.2, 0.25) is 0 Å². The summed E-state index contributed by atoms with van der Waals surface area (Å²) in [5, 5.41) is 0.894. The molecule has 1 rings (SSSR count). The van der Waals surface area contributed by atoms with Crippen molar-refractivity contribution in [3.05, 3.63) is 29.3 Å². The number of benzene rings is 1. The van der Waals surface area contributed by atoms with Crippen LogP contribution in [0.1, 0.15) is 25.0 Å². The van der Waals surface area contributed by atoms with Crippen molar-refractivity contribution >= 4 is 21.6 Å². The van der Waals surface area contributed by atoms with Gasteiger partial charge in [-0.25, -0.2) is 0 Å². The highest BCUT2D eigenvalue weighted by Gasteiger charge is 2.12. The van der Waals surface area contributed by atoms with Crippen molar-refractivity contribution in [1.82, 2.24) is 0 Å². The molecule has 0 saturated heterocycles. The lowest BCUT2D eigenvalue weighted by Crippen LogP contribution is -2.31. The molecule has 0 aliphatic rings. The third-order valence-electron chi connectivity index (χ3n) is 2.87. The first-order valence-electron chi connectivity index (χ1n) is 6.47. The summed E-state index contributed by atoms with van der Waals surface area (Å²) in [7, 11) is 1.76. The summed E-state index contributed by atoms with van der Waals surface area (Å²) in [6.07, 6.45) is 0. The molecule has 0 fully saturated rings. The molecule has 0 spiro atoms. The van der Waals surface area contributed by atoms with E-state index in [0.29, 0.717) is 5.92 Å². The van der Waals surface area contributed by atoms with Gasteiger partial charge in [-0.05, 0) is 24.5 Å². The maximum Gasteiger partial charge on any atom is 0.0637 e. The van der Waals surface area contributed by atoms with E-state index in [4.69, 9.17) is 4.74 Å². The minimum atomic E-state index is 0.645. The Morgan fingerprint density at radius 2 is 2.06 bits per heavy atom. The molecule has 0 aromatic heterocycles. The predicted octanol–water partition coefficient (Wildman–Crippen LogP) is 4.00. The van der Waals surface area contributed by atoms with Gasteiger partial charge in [0.15, 0.2) is 0 Å². The molecule has 1 aromatic carbocycles. The number of anilines is 1. The fraction of sp³-hybridized carbons (Fsp3) is 0.600. The van der Waals surface area contributed by atoms with Gasteiger partial charge in [-0.1, -0.05) is 47.5 Å². The normalized spacial score (nSPS) is 11.0. The Bertz CT molecular complexity index is 366. The Labute approximate surface area is 119 Å². The van der Waals surface area contributed by atoms with E-state index in [0.717, 1.165) is 25.0 Å². The molecular formula is C15H24BrNO. The Balaban J connectivity index is 2.95. The molecule has 0 atom stereocenters. The summed E-state index contributed by atoms with van der Waals surface area (Å²) in [5.74, 6) is 0.645. The molecule has 0 aliphatic heterocycles. The van der Waals surface area contributed by atoms with Crippen LogP contribution in [0.4, 0.5) is 5.69 Å². The van der Waals surface area contributed by atoms with Crippen molar-refractivity contribution in [2.24, 2.45) is 5.92 Å². The zero-order valence-corrected chi connectivity index (χ0v) is 13.5. The van der Waals surface area contributed by atoms with Crippen molar-refractivity contribution in [3.63, 3.8) is 0 Å². The Morgan fingerprint density at radius 1 is 1.33 bits per heavy atom.